The second-order valence-electron chi connectivity index (χ2n) is 4.17. The molecule has 0 aliphatic carbocycles. The lowest BCUT2D eigenvalue weighted by atomic mass is 10.1. The third-order valence-electron chi connectivity index (χ3n) is 2.73. The number of aromatic nitrogens is 3. The van der Waals surface area contributed by atoms with E-state index in [1.807, 2.05) is 6.92 Å². The molecule has 0 spiro atoms. The molecule has 1 aromatic heterocycles. The molecular weight excluding hydrogens is 249 g/mol. The third kappa shape index (κ3) is 2.78. The van der Waals surface area contributed by atoms with Gasteiger partial charge in [0.05, 0.1) is 19.2 Å². The van der Waals surface area contributed by atoms with Gasteiger partial charge >= 0.3 is 5.97 Å². The highest BCUT2D eigenvalue weighted by Gasteiger charge is 2.13. The molecule has 6 heteroatoms. The average Bonchev–Trinajstić information content (AvgIpc) is 2.67. The number of halogens is 1. The van der Waals surface area contributed by atoms with Crippen LogP contribution in [0.5, 0.6) is 0 Å². The summed E-state index contributed by atoms with van der Waals surface area (Å²) in [6, 6.07) is 4.39. The molecule has 1 aromatic carbocycles. The molecule has 19 heavy (non-hydrogen) atoms. The van der Waals surface area contributed by atoms with Crippen molar-refractivity contribution in [3.05, 3.63) is 46.8 Å². The lowest BCUT2D eigenvalue weighted by Crippen LogP contribution is -2.08. The van der Waals surface area contributed by atoms with Crippen LogP contribution in [0.4, 0.5) is 4.39 Å². The largest absolute Gasteiger partial charge is 0.465 e. The zero-order chi connectivity index (χ0) is 14.0. The quantitative estimate of drug-likeness (QED) is 0.793. The van der Waals surface area contributed by atoms with E-state index < -0.39 is 11.8 Å². The molecule has 0 aliphatic rings. The molecule has 0 saturated heterocycles. The maximum absolute atomic E-state index is 13.7. The molecule has 0 unspecified atom stereocenters. The van der Waals surface area contributed by atoms with Crippen LogP contribution in [-0.4, -0.2) is 27.8 Å². The topological polar surface area (TPSA) is 57.0 Å². The van der Waals surface area contributed by atoms with Crippen molar-refractivity contribution in [2.24, 2.45) is 0 Å². The van der Waals surface area contributed by atoms with Crippen molar-refractivity contribution in [1.82, 2.24) is 14.8 Å². The zero-order valence-electron chi connectivity index (χ0n) is 11.0. The normalized spacial score (nSPS) is 10.5. The first-order valence-electron chi connectivity index (χ1n) is 5.76. The Morgan fingerprint density at radius 2 is 2.16 bits per heavy atom. The van der Waals surface area contributed by atoms with Crippen molar-refractivity contribution in [3.63, 3.8) is 0 Å². The van der Waals surface area contributed by atoms with Crippen molar-refractivity contribution in [1.29, 1.82) is 0 Å². The number of carbonyl (C=O) groups is 1. The number of rotatable bonds is 3. The van der Waals surface area contributed by atoms with Crippen LogP contribution < -0.4 is 0 Å². The average molecular weight is 263 g/mol. The number of hydrogen-bond donors (Lipinski definition) is 0. The van der Waals surface area contributed by atoms with Crippen LogP contribution in [-0.2, 0) is 11.3 Å². The fourth-order valence-electron chi connectivity index (χ4n) is 1.82. The Morgan fingerprint density at radius 1 is 1.42 bits per heavy atom. The van der Waals surface area contributed by atoms with Crippen LogP contribution >= 0.6 is 0 Å². The van der Waals surface area contributed by atoms with Crippen molar-refractivity contribution in [2.45, 2.75) is 20.4 Å². The summed E-state index contributed by atoms with van der Waals surface area (Å²) in [6.07, 6.45) is 0. The van der Waals surface area contributed by atoms with E-state index in [-0.39, 0.29) is 5.56 Å². The van der Waals surface area contributed by atoms with Gasteiger partial charge in [0.15, 0.2) is 0 Å². The van der Waals surface area contributed by atoms with Gasteiger partial charge < -0.3 is 4.74 Å². The molecule has 0 bridgehead atoms. The highest BCUT2D eigenvalue weighted by molar-refractivity contribution is 5.89. The Balaban J connectivity index is 2.25. The zero-order valence-corrected chi connectivity index (χ0v) is 11.0. The van der Waals surface area contributed by atoms with Gasteiger partial charge in [-0.2, -0.15) is 5.10 Å². The lowest BCUT2D eigenvalue weighted by molar-refractivity contribution is 0.0595. The van der Waals surface area contributed by atoms with E-state index in [0.717, 1.165) is 5.82 Å². The van der Waals surface area contributed by atoms with E-state index in [4.69, 9.17) is 0 Å². The van der Waals surface area contributed by atoms with Crippen LogP contribution in [0.1, 0.15) is 27.6 Å². The first-order valence-corrected chi connectivity index (χ1v) is 5.76. The molecule has 2 rings (SSSR count). The lowest BCUT2D eigenvalue weighted by Gasteiger charge is -2.06. The Kier molecular flexibility index (Phi) is 3.59. The summed E-state index contributed by atoms with van der Waals surface area (Å²) >= 11 is 0. The Hall–Kier alpha value is -2.24. The molecular formula is C13H14FN3O2. The van der Waals surface area contributed by atoms with Gasteiger partial charge in [-0.25, -0.2) is 18.9 Å². The molecule has 0 radical (unpaired) electrons. The van der Waals surface area contributed by atoms with Crippen molar-refractivity contribution < 1.29 is 13.9 Å². The maximum Gasteiger partial charge on any atom is 0.340 e. The molecule has 0 saturated carbocycles. The number of methoxy groups -OCH3 is 1. The molecule has 0 fully saturated rings. The Labute approximate surface area is 110 Å². The molecule has 5 nitrogen and oxygen atoms in total. The van der Waals surface area contributed by atoms with Crippen LogP contribution in [0, 0.1) is 19.7 Å². The van der Waals surface area contributed by atoms with Crippen LogP contribution in [0.25, 0.3) is 0 Å². The predicted molar refractivity (Wildman–Crippen MR) is 66.3 cm³/mol. The van der Waals surface area contributed by atoms with E-state index in [2.05, 4.69) is 14.8 Å². The standard InChI is InChI=1S/C13H14FN3O2/c1-8-15-9(2)17(16-8)7-10-4-5-11(12(14)6-10)13(18)19-3/h4-6H,7H2,1-3H3. The summed E-state index contributed by atoms with van der Waals surface area (Å²) in [6.45, 7) is 4.04. The van der Waals surface area contributed by atoms with Gasteiger partial charge in [-0.15, -0.1) is 0 Å². The number of hydrogen-bond acceptors (Lipinski definition) is 4. The van der Waals surface area contributed by atoms with E-state index in [1.54, 1.807) is 17.7 Å². The predicted octanol–water partition coefficient (Wildman–Crippen LogP) is 1.87. The van der Waals surface area contributed by atoms with Gasteiger partial charge in [-0.05, 0) is 31.5 Å². The van der Waals surface area contributed by atoms with Crippen LogP contribution in [0.2, 0.25) is 0 Å². The van der Waals surface area contributed by atoms with Crippen LogP contribution in [0.15, 0.2) is 18.2 Å². The fraction of sp³-hybridized carbons (Fsp3) is 0.308. The Morgan fingerprint density at radius 3 is 2.68 bits per heavy atom. The molecule has 0 N–H and O–H groups in total. The maximum atomic E-state index is 13.7. The molecule has 100 valence electrons. The SMILES string of the molecule is COC(=O)c1ccc(Cn2nc(C)nc2C)cc1F. The minimum absolute atomic E-state index is 0.0715. The van der Waals surface area contributed by atoms with Crippen molar-refractivity contribution in [2.75, 3.05) is 7.11 Å². The summed E-state index contributed by atoms with van der Waals surface area (Å²) in [4.78, 5) is 15.4. The van der Waals surface area contributed by atoms with E-state index in [9.17, 15) is 9.18 Å². The van der Waals surface area contributed by atoms with Gasteiger partial charge in [0.2, 0.25) is 0 Å². The van der Waals surface area contributed by atoms with E-state index in [0.29, 0.717) is 17.9 Å². The minimum Gasteiger partial charge on any atom is -0.465 e. The summed E-state index contributed by atoms with van der Waals surface area (Å²) in [5.74, 6) is 0.148. The number of esters is 1. The molecule has 0 atom stereocenters. The molecule has 0 amide bonds. The first-order chi connectivity index (χ1) is 9.01. The number of carbonyl (C=O) groups excluding carboxylic acids is 1. The van der Waals surface area contributed by atoms with Gasteiger partial charge in [0.25, 0.3) is 0 Å². The van der Waals surface area contributed by atoms with E-state index in [1.165, 1.54) is 19.2 Å². The van der Waals surface area contributed by atoms with Gasteiger partial charge in [0, 0.05) is 0 Å². The summed E-state index contributed by atoms with van der Waals surface area (Å²) < 4.78 is 19.9. The summed E-state index contributed by atoms with van der Waals surface area (Å²) in [5, 5.41) is 4.20. The monoisotopic (exact) mass is 263 g/mol. The third-order valence-corrected chi connectivity index (χ3v) is 2.73. The van der Waals surface area contributed by atoms with Gasteiger partial charge in [-0.1, -0.05) is 6.07 Å². The van der Waals surface area contributed by atoms with Crippen molar-refractivity contribution >= 4 is 5.97 Å². The number of aryl methyl sites for hydroxylation is 2. The van der Waals surface area contributed by atoms with Crippen LogP contribution in [0.3, 0.4) is 0 Å². The number of benzene rings is 1. The highest BCUT2D eigenvalue weighted by Crippen LogP contribution is 2.13. The van der Waals surface area contributed by atoms with Crippen molar-refractivity contribution in [3.8, 4) is 0 Å². The summed E-state index contributed by atoms with van der Waals surface area (Å²) in [5.41, 5.74) is 0.635. The minimum atomic E-state index is -0.683. The summed E-state index contributed by atoms with van der Waals surface area (Å²) in [7, 11) is 1.22. The molecule has 1 heterocycles. The second-order valence-corrected chi connectivity index (χ2v) is 4.17. The molecule has 2 aromatic rings. The van der Waals surface area contributed by atoms with Gasteiger partial charge in [0.1, 0.15) is 17.5 Å². The van der Waals surface area contributed by atoms with E-state index >= 15 is 0 Å². The smallest absolute Gasteiger partial charge is 0.340 e. The highest BCUT2D eigenvalue weighted by atomic mass is 19.1. The Bertz CT molecular complexity index is 622. The van der Waals surface area contributed by atoms with Gasteiger partial charge in [-0.3, -0.25) is 0 Å². The second kappa shape index (κ2) is 5.17. The number of nitrogens with zero attached hydrogens (tertiary/aromatic N) is 3. The molecule has 0 aliphatic heterocycles. The first kappa shape index (κ1) is 13.2. The number of ether oxygens (including phenoxy) is 1. The fourth-order valence-corrected chi connectivity index (χ4v) is 1.82.